The van der Waals surface area contributed by atoms with Gasteiger partial charge in [-0.05, 0) is 23.8 Å². The van der Waals surface area contributed by atoms with Crippen LogP contribution in [0.2, 0.25) is 0 Å². The smallest absolute Gasteiger partial charge is 0.0527 e. The standard InChI is InChI=1S/C12H22N2/c1-9(2)10(3)14-8-11(7-13-14)12(4,5)6/h7-10H,1-6H3. The molecule has 1 aromatic heterocycles. The maximum Gasteiger partial charge on any atom is 0.0527 e. The topological polar surface area (TPSA) is 17.8 Å². The molecule has 0 radical (unpaired) electrons. The number of nitrogens with zero attached hydrogens (tertiary/aromatic N) is 2. The molecule has 0 aliphatic heterocycles. The Balaban J connectivity index is 2.89. The Labute approximate surface area is 87.3 Å². The van der Waals surface area contributed by atoms with Gasteiger partial charge in [0.05, 0.1) is 12.2 Å². The van der Waals surface area contributed by atoms with E-state index in [0.29, 0.717) is 12.0 Å². The number of rotatable bonds is 2. The second-order valence-electron chi connectivity index (χ2n) is 5.44. The molecule has 0 N–H and O–H groups in total. The second-order valence-corrected chi connectivity index (χ2v) is 5.44. The van der Waals surface area contributed by atoms with Crippen molar-refractivity contribution < 1.29 is 0 Å². The van der Waals surface area contributed by atoms with E-state index in [-0.39, 0.29) is 5.41 Å². The molecule has 1 rings (SSSR count). The predicted octanol–water partition coefficient (Wildman–Crippen LogP) is 3.40. The summed E-state index contributed by atoms with van der Waals surface area (Å²) in [6.07, 6.45) is 4.16. The van der Waals surface area contributed by atoms with Crippen LogP contribution >= 0.6 is 0 Å². The third-order valence-corrected chi connectivity index (χ3v) is 2.85. The molecule has 0 aliphatic carbocycles. The van der Waals surface area contributed by atoms with Crippen LogP contribution in [0.3, 0.4) is 0 Å². The minimum absolute atomic E-state index is 0.203. The molecule has 0 spiro atoms. The summed E-state index contributed by atoms with van der Waals surface area (Å²) in [7, 11) is 0. The van der Waals surface area contributed by atoms with Crippen LogP contribution in [0.15, 0.2) is 12.4 Å². The van der Waals surface area contributed by atoms with E-state index < -0.39 is 0 Å². The van der Waals surface area contributed by atoms with Gasteiger partial charge in [0, 0.05) is 6.20 Å². The Morgan fingerprint density at radius 1 is 1.21 bits per heavy atom. The van der Waals surface area contributed by atoms with Crippen LogP contribution in [0.5, 0.6) is 0 Å². The zero-order valence-corrected chi connectivity index (χ0v) is 10.2. The highest BCUT2D eigenvalue weighted by molar-refractivity contribution is 5.15. The van der Waals surface area contributed by atoms with Crippen LogP contribution in [0, 0.1) is 5.92 Å². The molecule has 2 heteroatoms. The summed E-state index contributed by atoms with van der Waals surface area (Å²) in [5.74, 6) is 0.628. The highest BCUT2D eigenvalue weighted by Crippen LogP contribution is 2.23. The molecule has 0 saturated carbocycles. The summed E-state index contributed by atoms with van der Waals surface area (Å²) in [6, 6.07) is 0.478. The second kappa shape index (κ2) is 3.76. The van der Waals surface area contributed by atoms with Crippen molar-refractivity contribution in [1.82, 2.24) is 9.78 Å². The number of aromatic nitrogens is 2. The van der Waals surface area contributed by atoms with Crippen LogP contribution in [-0.2, 0) is 5.41 Å². The first-order valence-electron chi connectivity index (χ1n) is 5.37. The zero-order chi connectivity index (χ0) is 10.9. The third kappa shape index (κ3) is 2.37. The molecule has 1 heterocycles. The fraction of sp³-hybridized carbons (Fsp3) is 0.750. The Hall–Kier alpha value is -0.790. The normalized spacial score (nSPS) is 14.8. The van der Waals surface area contributed by atoms with Gasteiger partial charge in [-0.2, -0.15) is 5.10 Å². The first kappa shape index (κ1) is 11.3. The van der Waals surface area contributed by atoms with E-state index in [2.05, 4.69) is 57.5 Å². The van der Waals surface area contributed by atoms with E-state index in [1.54, 1.807) is 0 Å². The van der Waals surface area contributed by atoms with Gasteiger partial charge in [0.2, 0.25) is 0 Å². The van der Waals surface area contributed by atoms with Crippen LogP contribution in [0.25, 0.3) is 0 Å². The summed E-state index contributed by atoms with van der Waals surface area (Å²) < 4.78 is 2.07. The van der Waals surface area contributed by atoms with E-state index in [4.69, 9.17) is 0 Å². The Morgan fingerprint density at radius 2 is 1.79 bits per heavy atom. The molecule has 1 atom stereocenters. The van der Waals surface area contributed by atoms with E-state index in [9.17, 15) is 0 Å². The molecular formula is C12H22N2. The van der Waals surface area contributed by atoms with Crippen molar-refractivity contribution in [2.75, 3.05) is 0 Å². The van der Waals surface area contributed by atoms with Crippen LogP contribution in [0.1, 0.15) is 53.1 Å². The molecule has 0 bridgehead atoms. The highest BCUT2D eigenvalue weighted by atomic mass is 15.3. The Kier molecular flexibility index (Phi) is 3.03. The van der Waals surface area contributed by atoms with E-state index >= 15 is 0 Å². The van der Waals surface area contributed by atoms with Gasteiger partial charge in [-0.1, -0.05) is 34.6 Å². The summed E-state index contributed by atoms with van der Waals surface area (Å²) >= 11 is 0. The molecular weight excluding hydrogens is 172 g/mol. The lowest BCUT2D eigenvalue weighted by atomic mass is 9.90. The lowest BCUT2D eigenvalue weighted by molar-refractivity contribution is 0.374. The Morgan fingerprint density at radius 3 is 2.14 bits per heavy atom. The van der Waals surface area contributed by atoms with Crippen molar-refractivity contribution in [2.45, 2.75) is 53.0 Å². The molecule has 0 aliphatic rings. The molecule has 14 heavy (non-hydrogen) atoms. The maximum atomic E-state index is 4.42. The van der Waals surface area contributed by atoms with Gasteiger partial charge in [-0.15, -0.1) is 0 Å². The largest absolute Gasteiger partial charge is 0.269 e. The third-order valence-electron chi connectivity index (χ3n) is 2.85. The molecule has 1 aromatic rings. The molecule has 0 saturated heterocycles. The van der Waals surface area contributed by atoms with Gasteiger partial charge in [0.25, 0.3) is 0 Å². The summed E-state index contributed by atoms with van der Waals surface area (Å²) in [4.78, 5) is 0. The van der Waals surface area contributed by atoms with Crippen LogP contribution in [-0.4, -0.2) is 9.78 Å². The monoisotopic (exact) mass is 194 g/mol. The summed E-state index contributed by atoms with van der Waals surface area (Å²) in [5.41, 5.74) is 1.51. The molecule has 2 nitrogen and oxygen atoms in total. The number of hydrogen-bond donors (Lipinski definition) is 0. The molecule has 1 unspecified atom stereocenters. The van der Waals surface area contributed by atoms with Crippen molar-refractivity contribution in [2.24, 2.45) is 5.92 Å². The lowest BCUT2D eigenvalue weighted by Gasteiger charge is -2.17. The fourth-order valence-corrected chi connectivity index (χ4v) is 1.25. The van der Waals surface area contributed by atoms with Crippen molar-refractivity contribution in [1.29, 1.82) is 0 Å². The first-order valence-corrected chi connectivity index (χ1v) is 5.37. The van der Waals surface area contributed by atoms with Gasteiger partial charge in [0.15, 0.2) is 0 Å². The first-order chi connectivity index (χ1) is 6.32. The van der Waals surface area contributed by atoms with Gasteiger partial charge < -0.3 is 0 Å². The minimum atomic E-state index is 0.203. The van der Waals surface area contributed by atoms with Crippen molar-refractivity contribution in [3.63, 3.8) is 0 Å². The van der Waals surface area contributed by atoms with Gasteiger partial charge in [-0.3, -0.25) is 4.68 Å². The quantitative estimate of drug-likeness (QED) is 0.705. The van der Waals surface area contributed by atoms with Crippen LogP contribution < -0.4 is 0 Å². The SMILES string of the molecule is CC(C)C(C)n1cc(C(C)(C)C)cn1. The van der Waals surface area contributed by atoms with Crippen molar-refractivity contribution in [3.8, 4) is 0 Å². The zero-order valence-electron chi connectivity index (χ0n) is 10.2. The van der Waals surface area contributed by atoms with Gasteiger partial charge in [-0.25, -0.2) is 0 Å². The lowest BCUT2D eigenvalue weighted by Crippen LogP contribution is -2.13. The minimum Gasteiger partial charge on any atom is -0.269 e. The van der Waals surface area contributed by atoms with E-state index in [1.807, 2.05) is 6.20 Å². The average Bonchev–Trinajstić information content (AvgIpc) is 2.49. The van der Waals surface area contributed by atoms with Crippen molar-refractivity contribution in [3.05, 3.63) is 18.0 Å². The highest BCUT2D eigenvalue weighted by Gasteiger charge is 2.18. The fourth-order valence-electron chi connectivity index (χ4n) is 1.25. The maximum absolute atomic E-state index is 4.42. The van der Waals surface area contributed by atoms with Crippen LogP contribution in [0.4, 0.5) is 0 Å². The van der Waals surface area contributed by atoms with Crippen molar-refractivity contribution >= 4 is 0 Å². The van der Waals surface area contributed by atoms with Gasteiger partial charge >= 0.3 is 0 Å². The molecule has 0 amide bonds. The Bertz CT molecular complexity index is 292. The molecule has 80 valence electrons. The van der Waals surface area contributed by atoms with E-state index in [0.717, 1.165) is 0 Å². The molecule has 0 aromatic carbocycles. The van der Waals surface area contributed by atoms with Gasteiger partial charge in [0.1, 0.15) is 0 Å². The molecule has 0 fully saturated rings. The van der Waals surface area contributed by atoms with E-state index in [1.165, 1.54) is 5.56 Å². The average molecular weight is 194 g/mol. The summed E-state index contributed by atoms with van der Waals surface area (Å²) in [5, 5.41) is 4.42. The predicted molar refractivity (Wildman–Crippen MR) is 60.5 cm³/mol. The summed E-state index contributed by atoms with van der Waals surface area (Å²) in [6.45, 7) is 13.3. The number of hydrogen-bond acceptors (Lipinski definition) is 1.